The molecule has 7 nitrogen and oxygen atoms in total. The molecule has 0 N–H and O–H groups in total. The predicted octanol–water partition coefficient (Wildman–Crippen LogP) is 3.38. The average molecular weight is 481 g/mol. The Morgan fingerprint density at radius 3 is 2.51 bits per heavy atom. The highest BCUT2D eigenvalue weighted by atomic mass is 19.1. The van der Waals surface area contributed by atoms with E-state index in [9.17, 15) is 14.0 Å². The molecule has 0 unspecified atom stereocenters. The van der Waals surface area contributed by atoms with Gasteiger partial charge in [0, 0.05) is 44.6 Å². The second-order valence-electron chi connectivity index (χ2n) is 9.02. The Morgan fingerprint density at radius 1 is 1.11 bits per heavy atom. The SMILES string of the molecule is CCC(=O)N(CCN1CCOCC1)CC(=O)N1N=C(c2ccccc2F)C[C@H]1c1ccc(C)cc1. The molecule has 2 aliphatic rings. The molecule has 0 spiro atoms. The van der Waals surface area contributed by atoms with E-state index in [0.29, 0.717) is 50.4 Å². The molecular formula is C27H33FN4O3. The van der Waals surface area contributed by atoms with Crippen LogP contribution in [0.3, 0.4) is 0 Å². The van der Waals surface area contributed by atoms with Gasteiger partial charge in [0.25, 0.3) is 5.91 Å². The van der Waals surface area contributed by atoms with Crippen molar-refractivity contribution in [3.05, 3.63) is 71.0 Å². The predicted molar refractivity (Wildman–Crippen MR) is 132 cm³/mol. The topological polar surface area (TPSA) is 65.5 Å². The Hall–Kier alpha value is -3.10. The van der Waals surface area contributed by atoms with Crippen molar-refractivity contribution in [3.8, 4) is 0 Å². The molecule has 0 bridgehead atoms. The maximum Gasteiger partial charge on any atom is 0.262 e. The Labute approximate surface area is 206 Å². The summed E-state index contributed by atoms with van der Waals surface area (Å²) in [5, 5.41) is 6.02. The van der Waals surface area contributed by atoms with Gasteiger partial charge in [-0.25, -0.2) is 9.40 Å². The van der Waals surface area contributed by atoms with Crippen molar-refractivity contribution in [1.82, 2.24) is 14.8 Å². The number of benzene rings is 2. The molecule has 2 aromatic rings. The van der Waals surface area contributed by atoms with Crippen molar-refractivity contribution < 1.29 is 18.7 Å². The van der Waals surface area contributed by atoms with Gasteiger partial charge in [-0.05, 0) is 18.6 Å². The number of aryl methyl sites for hydroxylation is 1. The Bertz CT molecular complexity index is 1070. The molecule has 2 aliphatic heterocycles. The first-order valence-corrected chi connectivity index (χ1v) is 12.2. The summed E-state index contributed by atoms with van der Waals surface area (Å²) in [6.45, 7) is 7.89. The molecule has 2 amide bonds. The minimum absolute atomic E-state index is 0.0621. The van der Waals surface area contributed by atoms with E-state index in [1.54, 1.807) is 30.0 Å². The maximum absolute atomic E-state index is 14.5. The van der Waals surface area contributed by atoms with Crippen LogP contribution in [0.4, 0.5) is 4.39 Å². The van der Waals surface area contributed by atoms with Crippen molar-refractivity contribution in [1.29, 1.82) is 0 Å². The van der Waals surface area contributed by atoms with Gasteiger partial charge in [0.1, 0.15) is 12.4 Å². The van der Waals surface area contributed by atoms with Crippen LogP contribution in [-0.2, 0) is 14.3 Å². The summed E-state index contributed by atoms with van der Waals surface area (Å²) in [5.74, 6) is -0.710. The van der Waals surface area contributed by atoms with Crippen LogP contribution >= 0.6 is 0 Å². The van der Waals surface area contributed by atoms with Crippen LogP contribution in [0.1, 0.15) is 42.5 Å². The van der Waals surface area contributed by atoms with Gasteiger partial charge in [0.15, 0.2) is 0 Å². The lowest BCUT2D eigenvalue weighted by atomic mass is 9.97. The number of nitrogens with zero attached hydrogens (tertiary/aromatic N) is 4. The van der Waals surface area contributed by atoms with E-state index in [0.717, 1.165) is 24.2 Å². The molecule has 0 aromatic heterocycles. The normalized spacial score (nSPS) is 18.4. The number of hydrazone groups is 1. The van der Waals surface area contributed by atoms with Gasteiger partial charge in [-0.2, -0.15) is 5.10 Å². The maximum atomic E-state index is 14.5. The fraction of sp³-hybridized carbons (Fsp3) is 0.444. The summed E-state index contributed by atoms with van der Waals surface area (Å²) >= 11 is 0. The van der Waals surface area contributed by atoms with Gasteiger partial charge in [-0.1, -0.05) is 55.0 Å². The van der Waals surface area contributed by atoms with E-state index in [1.807, 2.05) is 31.2 Å². The van der Waals surface area contributed by atoms with E-state index in [4.69, 9.17) is 4.74 Å². The summed E-state index contributed by atoms with van der Waals surface area (Å²) in [6, 6.07) is 14.1. The van der Waals surface area contributed by atoms with E-state index >= 15 is 0 Å². The number of rotatable bonds is 8. The standard InChI is InChI=1S/C27H33FN4O3/c1-3-26(33)31(13-12-30-14-16-35-17-15-30)19-27(34)32-25(21-10-8-20(2)9-11-21)18-24(29-32)22-6-4-5-7-23(22)28/h4-11,25H,3,12-19H2,1-2H3/t25-/m0/s1. The molecule has 0 radical (unpaired) electrons. The smallest absolute Gasteiger partial charge is 0.262 e. The van der Waals surface area contributed by atoms with Gasteiger partial charge in [-0.3, -0.25) is 14.5 Å². The summed E-state index contributed by atoms with van der Waals surface area (Å²) in [4.78, 5) is 30.1. The zero-order valence-electron chi connectivity index (χ0n) is 20.5. The van der Waals surface area contributed by atoms with Gasteiger partial charge < -0.3 is 9.64 Å². The summed E-state index contributed by atoms with van der Waals surface area (Å²) in [7, 11) is 0. The number of morpholine rings is 1. The molecule has 8 heteroatoms. The summed E-state index contributed by atoms with van der Waals surface area (Å²) < 4.78 is 19.9. The minimum atomic E-state index is -0.364. The van der Waals surface area contributed by atoms with Crippen LogP contribution in [0.25, 0.3) is 0 Å². The van der Waals surface area contributed by atoms with Crippen LogP contribution in [0.2, 0.25) is 0 Å². The highest BCUT2D eigenvalue weighted by Crippen LogP contribution is 2.33. The molecule has 2 heterocycles. The van der Waals surface area contributed by atoms with Crippen LogP contribution in [0, 0.1) is 12.7 Å². The molecule has 4 rings (SSSR count). The van der Waals surface area contributed by atoms with Gasteiger partial charge in [0.2, 0.25) is 5.91 Å². The first-order chi connectivity index (χ1) is 17.0. The molecule has 35 heavy (non-hydrogen) atoms. The largest absolute Gasteiger partial charge is 0.379 e. The van der Waals surface area contributed by atoms with E-state index < -0.39 is 0 Å². The molecule has 0 saturated carbocycles. The molecule has 1 fully saturated rings. The van der Waals surface area contributed by atoms with Crippen molar-refractivity contribution >= 4 is 17.5 Å². The molecule has 1 atom stereocenters. The second-order valence-corrected chi connectivity index (χ2v) is 9.02. The number of carbonyl (C=O) groups excluding carboxylic acids is 2. The molecular weight excluding hydrogens is 447 g/mol. The number of ether oxygens (including phenoxy) is 1. The number of carbonyl (C=O) groups is 2. The number of amides is 2. The third-order valence-corrected chi connectivity index (χ3v) is 6.58. The third kappa shape index (κ3) is 6.13. The van der Waals surface area contributed by atoms with Gasteiger partial charge in [0.05, 0.1) is 25.0 Å². The van der Waals surface area contributed by atoms with Gasteiger partial charge in [-0.15, -0.1) is 0 Å². The Morgan fingerprint density at radius 2 is 1.83 bits per heavy atom. The third-order valence-electron chi connectivity index (χ3n) is 6.58. The quantitative estimate of drug-likeness (QED) is 0.581. The van der Waals surface area contributed by atoms with Crippen LogP contribution in [0.5, 0.6) is 0 Å². The zero-order chi connectivity index (χ0) is 24.8. The van der Waals surface area contributed by atoms with Crippen LogP contribution in [-0.4, -0.2) is 78.3 Å². The summed E-state index contributed by atoms with van der Waals surface area (Å²) in [6.07, 6.45) is 0.729. The number of hydrogen-bond acceptors (Lipinski definition) is 5. The minimum Gasteiger partial charge on any atom is -0.379 e. The van der Waals surface area contributed by atoms with Gasteiger partial charge >= 0.3 is 0 Å². The fourth-order valence-corrected chi connectivity index (χ4v) is 4.48. The number of hydrogen-bond donors (Lipinski definition) is 0. The highest BCUT2D eigenvalue weighted by molar-refractivity contribution is 6.03. The lowest BCUT2D eigenvalue weighted by Gasteiger charge is -2.31. The highest BCUT2D eigenvalue weighted by Gasteiger charge is 2.35. The van der Waals surface area contributed by atoms with Crippen LogP contribution < -0.4 is 0 Å². The first-order valence-electron chi connectivity index (χ1n) is 12.2. The van der Waals surface area contributed by atoms with E-state index in [1.165, 1.54) is 11.1 Å². The monoisotopic (exact) mass is 480 g/mol. The molecule has 0 aliphatic carbocycles. The number of halogens is 1. The fourth-order valence-electron chi connectivity index (χ4n) is 4.48. The van der Waals surface area contributed by atoms with Crippen molar-refractivity contribution in [3.63, 3.8) is 0 Å². The molecule has 1 saturated heterocycles. The molecule has 2 aromatic carbocycles. The van der Waals surface area contributed by atoms with Crippen molar-refractivity contribution in [2.75, 3.05) is 45.9 Å². The zero-order valence-corrected chi connectivity index (χ0v) is 20.5. The molecule has 186 valence electrons. The average Bonchev–Trinajstić information content (AvgIpc) is 3.32. The van der Waals surface area contributed by atoms with Crippen molar-refractivity contribution in [2.24, 2.45) is 5.10 Å². The van der Waals surface area contributed by atoms with Crippen LogP contribution in [0.15, 0.2) is 53.6 Å². The summed E-state index contributed by atoms with van der Waals surface area (Å²) in [5.41, 5.74) is 2.97. The Kier molecular flexibility index (Phi) is 8.25. The Balaban J connectivity index is 1.55. The lowest BCUT2D eigenvalue weighted by Crippen LogP contribution is -2.46. The van der Waals surface area contributed by atoms with E-state index in [-0.39, 0.29) is 30.2 Å². The second kappa shape index (κ2) is 11.6. The first kappa shape index (κ1) is 25.0. The lowest BCUT2D eigenvalue weighted by molar-refractivity contribution is -0.141. The van der Waals surface area contributed by atoms with E-state index in [2.05, 4.69) is 10.0 Å². The van der Waals surface area contributed by atoms with Crippen molar-refractivity contribution in [2.45, 2.75) is 32.7 Å².